The van der Waals surface area contributed by atoms with E-state index in [1.807, 2.05) is 36.4 Å². The van der Waals surface area contributed by atoms with E-state index in [4.69, 9.17) is 4.74 Å². The molecule has 2 amide bonds. The summed E-state index contributed by atoms with van der Waals surface area (Å²) in [7, 11) is 0. The Morgan fingerprint density at radius 1 is 1.00 bits per heavy atom. The normalized spacial score (nSPS) is 17.9. The molecular weight excluding hydrogens is 364 g/mol. The van der Waals surface area contributed by atoms with Crippen molar-refractivity contribution >= 4 is 11.8 Å². The monoisotopic (exact) mass is 392 g/mol. The molecule has 152 valence electrons. The van der Waals surface area contributed by atoms with E-state index in [-0.39, 0.29) is 24.3 Å². The number of carbonyl (C=O) groups is 2. The molecule has 0 heterocycles. The van der Waals surface area contributed by atoms with Gasteiger partial charge in [-0.2, -0.15) is 0 Å². The van der Waals surface area contributed by atoms with Crippen molar-refractivity contribution in [2.24, 2.45) is 0 Å². The predicted octanol–water partition coefficient (Wildman–Crippen LogP) is 3.12. The molecule has 1 atom stereocenters. The minimum Gasteiger partial charge on any atom is -0.484 e. The van der Waals surface area contributed by atoms with E-state index in [1.165, 1.54) is 11.1 Å². The minimum atomic E-state index is -0.0661. The highest BCUT2D eigenvalue weighted by atomic mass is 16.5. The summed E-state index contributed by atoms with van der Waals surface area (Å²) in [6.07, 6.45) is 5.96. The summed E-state index contributed by atoms with van der Waals surface area (Å²) in [6.45, 7) is 0.663. The third-order valence-electron chi connectivity index (χ3n) is 5.63. The fraction of sp³-hybridized carbons (Fsp3) is 0.417. The summed E-state index contributed by atoms with van der Waals surface area (Å²) < 4.78 is 5.52. The predicted molar refractivity (Wildman–Crippen MR) is 112 cm³/mol. The quantitative estimate of drug-likeness (QED) is 0.725. The summed E-state index contributed by atoms with van der Waals surface area (Å²) in [5.74, 6) is 0.711. The number of rotatable bonds is 8. The smallest absolute Gasteiger partial charge is 0.258 e. The first-order valence-corrected chi connectivity index (χ1v) is 10.6. The van der Waals surface area contributed by atoms with Crippen molar-refractivity contribution in [1.82, 2.24) is 10.6 Å². The van der Waals surface area contributed by atoms with Gasteiger partial charge in [-0.15, -0.1) is 0 Å². The van der Waals surface area contributed by atoms with Crippen LogP contribution < -0.4 is 15.4 Å². The molecule has 2 aliphatic rings. The van der Waals surface area contributed by atoms with E-state index >= 15 is 0 Å². The average Bonchev–Trinajstić information content (AvgIpc) is 3.56. The standard InChI is InChI=1S/C24H28N2O3/c27-23(26-19-10-11-19)16-29-20-12-8-17(9-13-20)14-15-25-24(28)22-7-3-5-18-4-1-2-6-21(18)22/h1-2,4,6,8-9,12-13,19,22H,3,5,7,10-11,14-16H2,(H,25,28)(H,26,27)/t22-/m1/s1. The van der Waals surface area contributed by atoms with Gasteiger partial charge in [-0.3, -0.25) is 9.59 Å². The van der Waals surface area contributed by atoms with Crippen LogP contribution in [0.1, 0.15) is 48.3 Å². The number of fused-ring (bicyclic) bond motifs is 1. The van der Waals surface area contributed by atoms with Crippen molar-refractivity contribution < 1.29 is 14.3 Å². The number of benzene rings is 2. The molecule has 2 aromatic rings. The van der Waals surface area contributed by atoms with Gasteiger partial charge < -0.3 is 15.4 Å². The van der Waals surface area contributed by atoms with Crippen LogP contribution in [-0.2, 0) is 22.4 Å². The van der Waals surface area contributed by atoms with Crippen LogP contribution >= 0.6 is 0 Å². The van der Waals surface area contributed by atoms with Gasteiger partial charge in [0.05, 0.1) is 5.92 Å². The van der Waals surface area contributed by atoms with E-state index in [1.54, 1.807) is 0 Å². The Hall–Kier alpha value is -2.82. The Balaban J connectivity index is 1.21. The Morgan fingerprint density at radius 3 is 2.59 bits per heavy atom. The number of hydrogen-bond donors (Lipinski definition) is 2. The lowest BCUT2D eigenvalue weighted by Gasteiger charge is -2.24. The highest BCUT2D eigenvalue weighted by Gasteiger charge is 2.25. The van der Waals surface area contributed by atoms with Gasteiger partial charge in [-0.25, -0.2) is 0 Å². The molecule has 1 fully saturated rings. The van der Waals surface area contributed by atoms with E-state index in [9.17, 15) is 9.59 Å². The molecule has 0 aromatic heterocycles. The van der Waals surface area contributed by atoms with Crippen molar-refractivity contribution in [2.75, 3.05) is 13.2 Å². The van der Waals surface area contributed by atoms with Gasteiger partial charge in [0.25, 0.3) is 5.91 Å². The Bertz CT molecular complexity index is 859. The van der Waals surface area contributed by atoms with E-state index in [0.717, 1.165) is 44.1 Å². The minimum absolute atomic E-state index is 0.0301. The molecule has 1 saturated carbocycles. The van der Waals surface area contributed by atoms with E-state index in [2.05, 4.69) is 22.8 Å². The van der Waals surface area contributed by atoms with E-state index in [0.29, 0.717) is 18.3 Å². The molecule has 0 radical (unpaired) electrons. The second kappa shape index (κ2) is 9.12. The Labute approximate surface area is 171 Å². The maximum Gasteiger partial charge on any atom is 0.258 e. The van der Waals surface area contributed by atoms with Crippen molar-refractivity contribution in [3.63, 3.8) is 0 Å². The van der Waals surface area contributed by atoms with Crippen LogP contribution in [0.5, 0.6) is 5.75 Å². The third-order valence-corrected chi connectivity index (χ3v) is 5.63. The second-order valence-corrected chi connectivity index (χ2v) is 7.96. The zero-order chi connectivity index (χ0) is 20.1. The first-order chi connectivity index (χ1) is 14.2. The summed E-state index contributed by atoms with van der Waals surface area (Å²) in [6, 6.07) is 16.3. The second-order valence-electron chi connectivity index (χ2n) is 7.96. The molecule has 29 heavy (non-hydrogen) atoms. The summed E-state index contributed by atoms with van der Waals surface area (Å²) in [5.41, 5.74) is 3.62. The zero-order valence-corrected chi connectivity index (χ0v) is 16.7. The van der Waals surface area contributed by atoms with Gasteiger partial charge in [-0.1, -0.05) is 36.4 Å². The molecule has 0 bridgehead atoms. The largest absolute Gasteiger partial charge is 0.484 e. The van der Waals surface area contributed by atoms with Crippen LogP contribution in [0.25, 0.3) is 0 Å². The summed E-state index contributed by atoms with van der Waals surface area (Å²) >= 11 is 0. The van der Waals surface area contributed by atoms with Crippen molar-refractivity contribution in [2.45, 2.75) is 50.5 Å². The van der Waals surface area contributed by atoms with Gasteiger partial charge in [0.15, 0.2) is 6.61 Å². The van der Waals surface area contributed by atoms with Crippen LogP contribution in [0.15, 0.2) is 48.5 Å². The van der Waals surface area contributed by atoms with Gasteiger partial charge in [0, 0.05) is 12.6 Å². The lowest BCUT2D eigenvalue weighted by molar-refractivity contribution is -0.123. The molecule has 2 aliphatic carbocycles. The number of carbonyl (C=O) groups excluding carboxylic acids is 2. The van der Waals surface area contributed by atoms with Crippen LogP contribution in [0.4, 0.5) is 0 Å². The number of ether oxygens (including phenoxy) is 1. The first kappa shape index (κ1) is 19.5. The molecule has 0 aliphatic heterocycles. The van der Waals surface area contributed by atoms with Crippen molar-refractivity contribution in [3.05, 3.63) is 65.2 Å². The fourth-order valence-electron chi connectivity index (χ4n) is 3.88. The molecule has 2 aromatic carbocycles. The molecule has 4 rings (SSSR count). The topological polar surface area (TPSA) is 67.4 Å². The highest BCUT2D eigenvalue weighted by Crippen LogP contribution is 2.31. The van der Waals surface area contributed by atoms with Gasteiger partial charge >= 0.3 is 0 Å². The molecule has 5 heteroatoms. The third kappa shape index (κ3) is 5.37. The van der Waals surface area contributed by atoms with Crippen LogP contribution in [-0.4, -0.2) is 31.0 Å². The first-order valence-electron chi connectivity index (χ1n) is 10.6. The lowest BCUT2D eigenvalue weighted by Crippen LogP contribution is -2.32. The number of nitrogens with one attached hydrogen (secondary N) is 2. The van der Waals surface area contributed by atoms with Gasteiger partial charge in [0.2, 0.25) is 5.91 Å². The summed E-state index contributed by atoms with van der Waals surface area (Å²) in [4.78, 5) is 24.3. The number of amides is 2. The van der Waals surface area contributed by atoms with E-state index < -0.39 is 0 Å². The number of hydrogen-bond acceptors (Lipinski definition) is 3. The van der Waals surface area contributed by atoms with Crippen LogP contribution in [0.3, 0.4) is 0 Å². The van der Waals surface area contributed by atoms with Crippen molar-refractivity contribution in [1.29, 1.82) is 0 Å². The van der Waals surface area contributed by atoms with Crippen molar-refractivity contribution in [3.8, 4) is 5.75 Å². The van der Waals surface area contributed by atoms with Crippen LogP contribution in [0, 0.1) is 0 Å². The van der Waals surface area contributed by atoms with Gasteiger partial charge in [-0.05, 0) is 67.3 Å². The highest BCUT2D eigenvalue weighted by molar-refractivity contribution is 5.84. The van der Waals surface area contributed by atoms with Gasteiger partial charge in [0.1, 0.15) is 5.75 Å². The maximum absolute atomic E-state index is 12.7. The molecule has 0 saturated heterocycles. The van der Waals surface area contributed by atoms with Crippen LogP contribution in [0.2, 0.25) is 0 Å². The zero-order valence-electron chi connectivity index (χ0n) is 16.7. The Kier molecular flexibility index (Phi) is 6.13. The molecule has 5 nitrogen and oxygen atoms in total. The lowest BCUT2D eigenvalue weighted by atomic mass is 9.82. The fourth-order valence-corrected chi connectivity index (χ4v) is 3.88. The number of aryl methyl sites for hydroxylation is 1. The average molecular weight is 392 g/mol. The molecule has 0 unspecified atom stereocenters. The summed E-state index contributed by atoms with van der Waals surface area (Å²) in [5, 5.41) is 6.00. The SMILES string of the molecule is O=C(COc1ccc(CCNC(=O)[C@@H]2CCCc3ccccc32)cc1)NC1CC1. The molecule has 2 N–H and O–H groups in total. The molecular formula is C24H28N2O3. The maximum atomic E-state index is 12.7. The molecule has 0 spiro atoms. The Morgan fingerprint density at radius 2 is 1.79 bits per heavy atom.